The zero-order valence-corrected chi connectivity index (χ0v) is 7.03. The van der Waals surface area contributed by atoms with Crippen LogP contribution in [0.1, 0.15) is 12.0 Å². The molecule has 0 unspecified atom stereocenters. The Kier molecular flexibility index (Phi) is 3.93. The first-order valence-corrected chi connectivity index (χ1v) is 4.09. The van der Waals surface area contributed by atoms with Crippen LogP contribution < -0.4 is 5.73 Å². The quantitative estimate of drug-likeness (QED) is 0.672. The molecule has 1 aromatic carbocycles. The standard InChI is InChI=1S/C11H13N/c12-10-6-2-5-9-11-7-3-1-4-8-11/h1-4,7-9H,6,10,12H2. The maximum atomic E-state index is 5.32. The Balaban J connectivity index is 2.57. The second kappa shape index (κ2) is 5.36. The van der Waals surface area contributed by atoms with Crippen molar-refractivity contribution in [3.63, 3.8) is 0 Å². The molecule has 2 N–H and O–H groups in total. The molecule has 1 rings (SSSR count). The minimum atomic E-state index is 0.690. The minimum Gasteiger partial charge on any atom is -0.330 e. The Morgan fingerprint density at radius 2 is 2.00 bits per heavy atom. The molecule has 0 radical (unpaired) electrons. The van der Waals surface area contributed by atoms with E-state index in [-0.39, 0.29) is 0 Å². The third-order valence-corrected chi connectivity index (χ3v) is 1.48. The molecular formula is C11H13N. The molecule has 1 nitrogen and oxygen atoms in total. The lowest BCUT2D eigenvalue weighted by atomic mass is 10.2. The lowest BCUT2D eigenvalue weighted by Crippen LogP contribution is -1.94. The lowest BCUT2D eigenvalue weighted by molar-refractivity contribution is 1.01. The Morgan fingerprint density at radius 1 is 1.25 bits per heavy atom. The fraction of sp³-hybridized carbons (Fsp3) is 0.182. The molecule has 1 aromatic rings. The average molecular weight is 159 g/mol. The highest BCUT2D eigenvalue weighted by Gasteiger charge is 1.78. The van der Waals surface area contributed by atoms with Gasteiger partial charge < -0.3 is 5.73 Å². The van der Waals surface area contributed by atoms with Gasteiger partial charge in [0.2, 0.25) is 0 Å². The third kappa shape index (κ3) is 3.20. The molecule has 0 saturated carbocycles. The molecule has 0 amide bonds. The van der Waals surface area contributed by atoms with E-state index in [1.807, 2.05) is 42.5 Å². The van der Waals surface area contributed by atoms with Gasteiger partial charge in [-0.1, -0.05) is 30.3 Å². The Labute approximate surface area is 73.2 Å². The first-order chi connectivity index (χ1) is 5.93. The normalized spacial score (nSPS) is 8.75. The van der Waals surface area contributed by atoms with Crippen molar-refractivity contribution in [2.75, 3.05) is 6.54 Å². The molecular weight excluding hydrogens is 146 g/mol. The van der Waals surface area contributed by atoms with E-state index >= 15 is 0 Å². The maximum Gasteiger partial charge on any atom is -0.00365 e. The highest BCUT2D eigenvalue weighted by molar-refractivity contribution is 5.47. The van der Waals surface area contributed by atoms with Gasteiger partial charge in [0.15, 0.2) is 0 Å². The first-order valence-electron chi connectivity index (χ1n) is 4.09. The van der Waals surface area contributed by atoms with Gasteiger partial charge in [-0.2, -0.15) is 0 Å². The summed E-state index contributed by atoms with van der Waals surface area (Å²) in [5.41, 5.74) is 9.57. The van der Waals surface area contributed by atoms with Crippen molar-refractivity contribution < 1.29 is 0 Å². The smallest absolute Gasteiger partial charge is 0.00365 e. The van der Waals surface area contributed by atoms with E-state index in [4.69, 9.17) is 5.73 Å². The van der Waals surface area contributed by atoms with Crippen LogP contribution in [-0.2, 0) is 0 Å². The van der Waals surface area contributed by atoms with Crippen LogP contribution in [0.2, 0.25) is 0 Å². The highest BCUT2D eigenvalue weighted by atomic mass is 14.5. The largest absolute Gasteiger partial charge is 0.330 e. The molecule has 1 heteroatoms. The van der Waals surface area contributed by atoms with Gasteiger partial charge in [0.25, 0.3) is 0 Å². The number of nitrogens with two attached hydrogens (primary N) is 1. The summed E-state index contributed by atoms with van der Waals surface area (Å²) in [5, 5.41) is 0. The summed E-state index contributed by atoms with van der Waals surface area (Å²) in [6, 6.07) is 10.1. The van der Waals surface area contributed by atoms with Crippen molar-refractivity contribution >= 4 is 6.08 Å². The lowest BCUT2D eigenvalue weighted by Gasteiger charge is -1.86. The summed E-state index contributed by atoms with van der Waals surface area (Å²) in [6.45, 7) is 0.690. The fourth-order valence-electron chi connectivity index (χ4n) is 0.871. The summed E-state index contributed by atoms with van der Waals surface area (Å²) >= 11 is 0. The predicted molar refractivity (Wildman–Crippen MR) is 52.7 cm³/mol. The Bertz CT molecular complexity index is 268. The average Bonchev–Trinajstić information content (AvgIpc) is 2.14. The van der Waals surface area contributed by atoms with Crippen molar-refractivity contribution in [1.82, 2.24) is 0 Å². The van der Waals surface area contributed by atoms with Crippen LogP contribution in [0.5, 0.6) is 0 Å². The van der Waals surface area contributed by atoms with Crippen LogP contribution in [0.4, 0.5) is 0 Å². The number of hydrogen-bond acceptors (Lipinski definition) is 1. The molecule has 0 spiro atoms. The van der Waals surface area contributed by atoms with Crippen LogP contribution in [0.15, 0.2) is 42.1 Å². The van der Waals surface area contributed by atoms with Crippen LogP contribution in [0, 0.1) is 0 Å². The van der Waals surface area contributed by atoms with Crippen molar-refractivity contribution in [2.24, 2.45) is 5.73 Å². The monoisotopic (exact) mass is 159 g/mol. The molecule has 0 saturated heterocycles. The molecule has 0 aromatic heterocycles. The topological polar surface area (TPSA) is 26.0 Å². The molecule has 0 aliphatic carbocycles. The van der Waals surface area contributed by atoms with E-state index < -0.39 is 0 Å². The van der Waals surface area contributed by atoms with Crippen molar-refractivity contribution in [3.8, 4) is 0 Å². The second-order valence-electron chi connectivity index (χ2n) is 2.50. The zero-order valence-electron chi connectivity index (χ0n) is 7.03. The van der Waals surface area contributed by atoms with E-state index in [9.17, 15) is 0 Å². The molecule has 0 bridgehead atoms. The van der Waals surface area contributed by atoms with Crippen LogP contribution in [0.3, 0.4) is 0 Å². The van der Waals surface area contributed by atoms with Crippen molar-refractivity contribution in [2.45, 2.75) is 6.42 Å². The van der Waals surface area contributed by atoms with Gasteiger partial charge in [-0.05, 0) is 30.7 Å². The van der Waals surface area contributed by atoms with Gasteiger partial charge in [0.1, 0.15) is 0 Å². The third-order valence-electron chi connectivity index (χ3n) is 1.48. The summed E-state index contributed by atoms with van der Waals surface area (Å²) in [5.74, 6) is 0. The number of hydrogen-bond donors (Lipinski definition) is 1. The molecule has 0 atom stereocenters. The zero-order chi connectivity index (χ0) is 8.65. The minimum absolute atomic E-state index is 0.690. The summed E-state index contributed by atoms with van der Waals surface area (Å²) in [4.78, 5) is 0. The van der Waals surface area contributed by atoms with Gasteiger partial charge in [0.05, 0.1) is 0 Å². The van der Waals surface area contributed by atoms with Crippen LogP contribution in [0.25, 0.3) is 6.08 Å². The Morgan fingerprint density at radius 3 is 2.67 bits per heavy atom. The molecule has 0 fully saturated rings. The Hall–Kier alpha value is -1.30. The summed E-state index contributed by atoms with van der Waals surface area (Å²) in [6.07, 6.45) is 4.80. The number of benzene rings is 1. The van der Waals surface area contributed by atoms with Crippen molar-refractivity contribution in [1.29, 1.82) is 0 Å². The van der Waals surface area contributed by atoms with E-state index in [1.165, 1.54) is 5.56 Å². The highest BCUT2D eigenvalue weighted by Crippen LogP contribution is 1.99. The van der Waals surface area contributed by atoms with Crippen LogP contribution in [-0.4, -0.2) is 6.54 Å². The fourth-order valence-corrected chi connectivity index (χ4v) is 0.871. The van der Waals surface area contributed by atoms with Gasteiger partial charge >= 0.3 is 0 Å². The summed E-state index contributed by atoms with van der Waals surface area (Å²) in [7, 11) is 0. The SMILES string of the molecule is NCCC=C=Cc1ccccc1. The predicted octanol–water partition coefficient (Wildman–Crippen LogP) is 2.20. The van der Waals surface area contributed by atoms with Crippen molar-refractivity contribution in [3.05, 3.63) is 47.7 Å². The van der Waals surface area contributed by atoms with Gasteiger partial charge in [-0.3, -0.25) is 0 Å². The summed E-state index contributed by atoms with van der Waals surface area (Å²) < 4.78 is 0. The molecule has 0 aliphatic rings. The van der Waals surface area contributed by atoms with Gasteiger partial charge in [-0.25, -0.2) is 0 Å². The van der Waals surface area contributed by atoms with E-state index in [1.54, 1.807) is 0 Å². The molecule has 12 heavy (non-hydrogen) atoms. The number of rotatable bonds is 3. The van der Waals surface area contributed by atoms with Gasteiger partial charge in [-0.15, -0.1) is 5.73 Å². The van der Waals surface area contributed by atoms with Gasteiger partial charge in [0, 0.05) is 0 Å². The first kappa shape index (κ1) is 8.79. The van der Waals surface area contributed by atoms with Crippen LogP contribution >= 0.6 is 0 Å². The molecule has 0 heterocycles. The van der Waals surface area contributed by atoms with E-state index in [0.717, 1.165) is 6.42 Å². The van der Waals surface area contributed by atoms with E-state index in [2.05, 4.69) is 5.73 Å². The van der Waals surface area contributed by atoms with E-state index in [0.29, 0.717) is 6.54 Å². The second-order valence-corrected chi connectivity index (χ2v) is 2.50. The maximum absolute atomic E-state index is 5.32. The molecule has 0 aliphatic heterocycles. The molecule has 62 valence electrons.